The standard InChI is InChI=1S/C23H21ClF6N6O/c24-18-7-2-1-4-15(18)13-35-8-10-36(11-9-35)20-32-19(33-21(34-20)37-14-22(25,26)27)31-17-6-3-5-16(12-17)23(28,29)30/h1-7,12H,8-11,13-14H2,(H,31,32,33,34). The maximum Gasteiger partial charge on any atom is 0.422 e. The van der Waals surface area contributed by atoms with E-state index in [1.807, 2.05) is 18.2 Å². The van der Waals surface area contributed by atoms with Crippen LogP contribution in [0.25, 0.3) is 0 Å². The molecule has 0 saturated carbocycles. The van der Waals surface area contributed by atoms with Crippen LogP contribution in [0.4, 0.5) is 43.9 Å². The Balaban J connectivity index is 1.51. The zero-order chi connectivity index (χ0) is 26.6. The lowest BCUT2D eigenvalue weighted by molar-refractivity contribution is -0.154. The molecule has 2 aromatic carbocycles. The highest BCUT2D eigenvalue weighted by Crippen LogP contribution is 2.31. The van der Waals surface area contributed by atoms with Crippen LogP contribution in [0, 0.1) is 0 Å². The fourth-order valence-electron chi connectivity index (χ4n) is 3.63. The quantitative estimate of drug-likeness (QED) is 0.390. The molecular weight excluding hydrogens is 526 g/mol. The number of rotatable bonds is 7. The molecular formula is C23H21ClF6N6O. The highest BCUT2D eigenvalue weighted by atomic mass is 35.5. The first kappa shape index (κ1) is 26.7. The number of alkyl halides is 6. The normalized spacial score (nSPS) is 15.1. The first-order chi connectivity index (χ1) is 17.5. The highest BCUT2D eigenvalue weighted by molar-refractivity contribution is 6.31. The summed E-state index contributed by atoms with van der Waals surface area (Å²) in [6, 6.07) is 11.1. The maximum atomic E-state index is 13.1. The number of piperazine rings is 1. The van der Waals surface area contributed by atoms with Crippen molar-refractivity contribution in [2.24, 2.45) is 0 Å². The van der Waals surface area contributed by atoms with Gasteiger partial charge in [0.25, 0.3) is 0 Å². The molecule has 0 radical (unpaired) electrons. The van der Waals surface area contributed by atoms with Crippen molar-refractivity contribution < 1.29 is 31.1 Å². The molecule has 0 aliphatic carbocycles. The molecule has 198 valence electrons. The molecule has 1 fully saturated rings. The summed E-state index contributed by atoms with van der Waals surface area (Å²) in [6.45, 7) is 1.04. The van der Waals surface area contributed by atoms with Crippen molar-refractivity contribution in [2.45, 2.75) is 18.9 Å². The van der Waals surface area contributed by atoms with Gasteiger partial charge < -0.3 is 15.0 Å². The van der Waals surface area contributed by atoms with E-state index in [-0.39, 0.29) is 17.6 Å². The minimum absolute atomic E-state index is 0.00157. The van der Waals surface area contributed by atoms with Gasteiger partial charge >= 0.3 is 18.4 Å². The molecule has 7 nitrogen and oxygen atoms in total. The number of halogens is 7. The molecule has 2 heterocycles. The summed E-state index contributed by atoms with van der Waals surface area (Å²) in [5, 5.41) is 3.26. The molecule has 1 N–H and O–H groups in total. The van der Waals surface area contributed by atoms with Crippen molar-refractivity contribution in [3.63, 3.8) is 0 Å². The first-order valence-corrected chi connectivity index (χ1v) is 11.4. The van der Waals surface area contributed by atoms with Gasteiger partial charge in [0.1, 0.15) is 0 Å². The predicted molar refractivity (Wildman–Crippen MR) is 125 cm³/mol. The van der Waals surface area contributed by atoms with Crippen molar-refractivity contribution >= 4 is 29.2 Å². The van der Waals surface area contributed by atoms with E-state index in [4.69, 9.17) is 16.3 Å². The Morgan fingerprint density at radius 1 is 0.892 bits per heavy atom. The Morgan fingerprint density at radius 2 is 1.62 bits per heavy atom. The SMILES string of the molecule is FC(F)(F)COc1nc(Nc2cccc(C(F)(F)F)c2)nc(N2CCN(Cc3ccccc3Cl)CC2)n1. The topological polar surface area (TPSA) is 66.4 Å². The molecule has 1 aliphatic rings. The smallest absolute Gasteiger partial charge is 0.422 e. The molecule has 1 aromatic heterocycles. The van der Waals surface area contributed by atoms with Gasteiger partial charge in [-0.15, -0.1) is 0 Å². The summed E-state index contributed by atoms with van der Waals surface area (Å²) in [4.78, 5) is 15.9. The summed E-state index contributed by atoms with van der Waals surface area (Å²) >= 11 is 6.24. The summed E-state index contributed by atoms with van der Waals surface area (Å²) in [5.74, 6) is -0.209. The van der Waals surface area contributed by atoms with Crippen LogP contribution in [0.5, 0.6) is 6.01 Å². The van der Waals surface area contributed by atoms with Crippen molar-refractivity contribution in [1.82, 2.24) is 19.9 Å². The van der Waals surface area contributed by atoms with E-state index in [1.54, 1.807) is 11.0 Å². The fraction of sp³-hybridized carbons (Fsp3) is 0.348. The van der Waals surface area contributed by atoms with Crippen molar-refractivity contribution in [1.29, 1.82) is 0 Å². The number of nitrogens with zero attached hydrogens (tertiary/aromatic N) is 5. The highest BCUT2D eigenvalue weighted by Gasteiger charge is 2.31. The molecule has 1 saturated heterocycles. The van der Waals surface area contributed by atoms with Gasteiger partial charge in [0.2, 0.25) is 11.9 Å². The van der Waals surface area contributed by atoms with E-state index in [2.05, 4.69) is 25.2 Å². The zero-order valence-electron chi connectivity index (χ0n) is 19.2. The number of anilines is 3. The lowest BCUT2D eigenvalue weighted by atomic mass is 10.2. The fourth-order valence-corrected chi connectivity index (χ4v) is 3.83. The monoisotopic (exact) mass is 546 g/mol. The van der Waals surface area contributed by atoms with Gasteiger partial charge in [-0.25, -0.2) is 0 Å². The summed E-state index contributed by atoms with van der Waals surface area (Å²) in [5.41, 5.74) is 0.0569. The molecule has 0 atom stereocenters. The van der Waals surface area contributed by atoms with E-state index in [0.29, 0.717) is 37.7 Å². The molecule has 0 unspecified atom stereocenters. The van der Waals surface area contributed by atoms with E-state index >= 15 is 0 Å². The third kappa shape index (κ3) is 7.59. The first-order valence-electron chi connectivity index (χ1n) is 11.1. The van der Waals surface area contributed by atoms with Crippen LogP contribution in [-0.4, -0.2) is 58.8 Å². The number of hydrogen-bond acceptors (Lipinski definition) is 7. The Morgan fingerprint density at radius 3 is 2.30 bits per heavy atom. The van der Waals surface area contributed by atoms with E-state index < -0.39 is 30.5 Å². The summed E-state index contributed by atoms with van der Waals surface area (Å²) in [7, 11) is 0. The van der Waals surface area contributed by atoms with E-state index in [1.165, 1.54) is 12.1 Å². The molecule has 3 aromatic rings. The largest absolute Gasteiger partial charge is 0.454 e. The number of aromatic nitrogens is 3. The Labute approximate surface area is 213 Å². The lowest BCUT2D eigenvalue weighted by Gasteiger charge is -2.34. The van der Waals surface area contributed by atoms with Gasteiger partial charge in [0.15, 0.2) is 6.61 Å². The molecule has 37 heavy (non-hydrogen) atoms. The van der Waals surface area contributed by atoms with Crippen LogP contribution in [0.1, 0.15) is 11.1 Å². The van der Waals surface area contributed by atoms with Gasteiger partial charge in [-0.3, -0.25) is 4.90 Å². The van der Waals surface area contributed by atoms with Crippen molar-refractivity contribution in [3.8, 4) is 6.01 Å². The Hall–Kier alpha value is -3.32. The van der Waals surface area contributed by atoms with Gasteiger partial charge in [-0.2, -0.15) is 41.3 Å². The van der Waals surface area contributed by atoms with Crippen LogP contribution in [0.3, 0.4) is 0 Å². The van der Waals surface area contributed by atoms with Crippen LogP contribution in [0.2, 0.25) is 5.02 Å². The Kier molecular flexibility index (Phi) is 7.93. The third-order valence-corrected chi connectivity index (χ3v) is 5.79. The van der Waals surface area contributed by atoms with Crippen LogP contribution >= 0.6 is 11.6 Å². The molecule has 4 rings (SSSR count). The lowest BCUT2D eigenvalue weighted by Crippen LogP contribution is -2.46. The number of hydrogen-bond donors (Lipinski definition) is 1. The number of nitrogens with one attached hydrogen (secondary N) is 1. The summed E-state index contributed by atoms with van der Waals surface area (Å²) < 4.78 is 82.0. The van der Waals surface area contributed by atoms with Gasteiger partial charge in [0, 0.05) is 43.4 Å². The average Bonchev–Trinajstić information content (AvgIpc) is 2.84. The average molecular weight is 547 g/mol. The predicted octanol–water partition coefficient (Wildman–Crippen LogP) is 5.55. The minimum Gasteiger partial charge on any atom is -0.454 e. The summed E-state index contributed by atoms with van der Waals surface area (Å²) in [6.07, 6.45) is -9.21. The molecule has 0 amide bonds. The van der Waals surface area contributed by atoms with Gasteiger partial charge in [0.05, 0.1) is 5.56 Å². The second-order valence-electron chi connectivity index (χ2n) is 8.20. The van der Waals surface area contributed by atoms with E-state index in [9.17, 15) is 26.3 Å². The second-order valence-corrected chi connectivity index (χ2v) is 8.61. The van der Waals surface area contributed by atoms with Gasteiger partial charge in [-0.1, -0.05) is 35.9 Å². The van der Waals surface area contributed by atoms with Crippen LogP contribution in [0.15, 0.2) is 48.5 Å². The zero-order valence-corrected chi connectivity index (χ0v) is 19.9. The third-order valence-electron chi connectivity index (χ3n) is 5.42. The van der Waals surface area contributed by atoms with E-state index in [0.717, 1.165) is 17.7 Å². The van der Waals surface area contributed by atoms with Crippen LogP contribution in [-0.2, 0) is 12.7 Å². The number of ether oxygens (including phenoxy) is 1. The molecule has 0 bridgehead atoms. The molecule has 0 spiro atoms. The Bertz CT molecular complexity index is 1220. The molecule has 14 heteroatoms. The van der Waals surface area contributed by atoms with Gasteiger partial charge in [-0.05, 0) is 29.8 Å². The van der Waals surface area contributed by atoms with Crippen LogP contribution < -0.4 is 15.0 Å². The number of benzene rings is 2. The maximum absolute atomic E-state index is 13.1. The second kappa shape index (κ2) is 11.0. The van der Waals surface area contributed by atoms with Crippen molar-refractivity contribution in [2.75, 3.05) is 43.0 Å². The minimum atomic E-state index is -4.63. The van der Waals surface area contributed by atoms with Crippen molar-refractivity contribution in [3.05, 3.63) is 64.7 Å². The molecule has 1 aliphatic heterocycles.